The first kappa shape index (κ1) is 8.40. The largest absolute Gasteiger partial charge is 0.132 e. The van der Waals surface area contributed by atoms with Crippen molar-refractivity contribution in [3.63, 3.8) is 0 Å². The van der Waals surface area contributed by atoms with Crippen molar-refractivity contribution >= 4 is 23.2 Å². The average Bonchev–Trinajstić information content (AvgIpc) is 2.53. The summed E-state index contributed by atoms with van der Waals surface area (Å²) in [6.07, 6.45) is 0. The summed E-state index contributed by atoms with van der Waals surface area (Å²) in [5, 5.41) is 0. The zero-order chi connectivity index (χ0) is 8.77. The van der Waals surface area contributed by atoms with Gasteiger partial charge in [-0.1, -0.05) is 37.3 Å². The van der Waals surface area contributed by atoms with E-state index in [1.165, 1.54) is 5.56 Å². The molecule has 0 bridgehead atoms. The molecule has 1 fully saturated rings. The fourth-order valence-corrected chi connectivity index (χ4v) is 2.20. The highest BCUT2D eigenvalue weighted by molar-refractivity contribution is 6.54. The van der Waals surface area contributed by atoms with Crippen LogP contribution < -0.4 is 0 Å². The minimum absolute atomic E-state index is 0.238. The standard InChI is InChI=1S/C10H9Cl2/c1-7-9(10(7,11)12)8-5-3-2-4-6-8/h2-6,9H,1H3. The van der Waals surface area contributed by atoms with E-state index >= 15 is 0 Å². The first-order valence-corrected chi connectivity index (χ1v) is 4.66. The Bertz CT molecular complexity index is 279. The molecule has 1 atom stereocenters. The summed E-state index contributed by atoms with van der Waals surface area (Å²) in [5.41, 5.74) is 1.21. The molecule has 12 heavy (non-hydrogen) atoms. The Hall–Kier alpha value is -0.200. The SMILES string of the molecule is C[C]1C(c2ccccc2)C1(Cl)Cl. The molecule has 63 valence electrons. The molecule has 0 amide bonds. The predicted molar refractivity (Wildman–Crippen MR) is 52.5 cm³/mol. The average molecular weight is 200 g/mol. The van der Waals surface area contributed by atoms with Crippen molar-refractivity contribution in [1.82, 2.24) is 0 Å². The van der Waals surface area contributed by atoms with Gasteiger partial charge in [0.15, 0.2) is 0 Å². The van der Waals surface area contributed by atoms with E-state index in [4.69, 9.17) is 23.2 Å². The van der Waals surface area contributed by atoms with E-state index in [1.54, 1.807) is 0 Å². The maximum absolute atomic E-state index is 6.02. The maximum atomic E-state index is 6.02. The van der Waals surface area contributed by atoms with Gasteiger partial charge in [0.2, 0.25) is 0 Å². The van der Waals surface area contributed by atoms with Gasteiger partial charge in [0, 0.05) is 11.8 Å². The minimum Gasteiger partial charge on any atom is -0.100 e. The summed E-state index contributed by atoms with van der Waals surface area (Å²) in [4.78, 5) is 0. The Kier molecular flexibility index (Phi) is 1.85. The Morgan fingerprint density at radius 2 is 1.67 bits per heavy atom. The van der Waals surface area contributed by atoms with Crippen LogP contribution in [0.1, 0.15) is 18.4 Å². The summed E-state index contributed by atoms with van der Waals surface area (Å²) in [7, 11) is 0. The molecule has 1 radical (unpaired) electrons. The van der Waals surface area contributed by atoms with E-state index in [0.29, 0.717) is 0 Å². The Labute approximate surface area is 82.5 Å². The predicted octanol–water partition coefficient (Wildman–Crippen LogP) is 3.55. The van der Waals surface area contributed by atoms with Gasteiger partial charge in [-0.3, -0.25) is 0 Å². The van der Waals surface area contributed by atoms with Crippen LogP contribution >= 0.6 is 23.2 Å². The lowest BCUT2D eigenvalue weighted by Crippen LogP contribution is -1.88. The monoisotopic (exact) mass is 199 g/mol. The maximum Gasteiger partial charge on any atom is 0.132 e. The van der Waals surface area contributed by atoms with E-state index in [0.717, 1.165) is 5.92 Å². The van der Waals surface area contributed by atoms with Crippen LogP contribution in [0.3, 0.4) is 0 Å². The summed E-state index contributed by atoms with van der Waals surface area (Å²) < 4.78 is -0.610. The van der Waals surface area contributed by atoms with E-state index in [2.05, 4.69) is 12.1 Å². The summed E-state index contributed by atoms with van der Waals surface area (Å²) in [5.74, 6) is 1.39. The molecule has 0 nitrogen and oxygen atoms in total. The number of rotatable bonds is 1. The molecule has 0 N–H and O–H groups in total. The molecule has 1 aliphatic carbocycles. The fraction of sp³-hybridized carbons (Fsp3) is 0.300. The minimum atomic E-state index is -0.610. The third-order valence-corrected chi connectivity index (χ3v) is 3.40. The zero-order valence-electron chi connectivity index (χ0n) is 6.72. The molecule has 1 aliphatic rings. The molecule has 2 rings (SSSR count). The van der Waals surface area contributed by atoms with Crippen LogP contribution in [0.15, 0.2) is 30.3 Å². The quantitative estimate of drug-likeness (QED) is 0.608. The smallest absolute Gasteiger partial charge is 0.100 e. The first-order chi connectivity index (χ1) is 5.64. The molecule has 1 unspecified atom stereocenters. The third kappa shape index (κ3) is 1.14. The number of halogens is 2. The molecule has 1 aromatic carbocycles. The van der Waals surface area contributed by atoms with Crippen molar-refractivity contribution in [2.45, 2.75) is 17.2 Å². The van der Waals surface area contributed by atoms with E-state index < -0.39 is 4.33 Å². The molecule has 0 spiro atoms. The van der Waals surface area contributed by atoms with E-state index in [-0.39, 0.29) is 5.92 Å². The molecular weight excluding hydrogens is 191 g/mol. The second-order valence-electron chi connectivity index (χ2n) is 3.15. The first-order valence-electron chi connectivity index (χ1n) is 3.90. The van der Waals surface area contributed by atoms with Gasteiger partial charge in [0.05, 0.1) is 0 Å². The molecule has 0 heterocycles. The molecule has 1 saturated carbocycles. The van der Waals surface area contributed by atoms with Crippen molar-refractivity contribution in [3.05, 3.63) is 41.8 Å². The van der Waals surface area contributed by atoms with Crippen LogP contribution in [-0.2, 0) is 0 Å². The van der Waals surface area contributed by atoms with E-state index in [1.807, 2.05) is 25.1 Å². The van der Waals surface area contributed by atoms with Gasteiger partial charge in [-0.15, -0.1) is 23.2 Å². The summed E-state index contributed by atoms with van der Waals surface area (Å²) in [6.45, 7) is 2.00. The lowest BCUT2D eigenvalue weighted by Gasteiger charge is -1.97. The molecule has 0 aliphatic heterocycles. The van der Waals surface area contributed by atoms with Gasteiger partial charge < -0.3 is 0 Å². The van der Waals surface area contributed by atoms with Crippen molar-refractivity contribution < 1.29 is 0 Å². The Morgan fingerprint density at radius 3 is 2.08 bits per heavy atom. The van der Waals surface area contributed by atoms with Gasteiger partial charge in [0.1, 0.15) is 4.33 Å². The van der Waals surface area contributed by atoms with Crippen LogP contribution in [0.4, 0.5) is 0 Å². The van der Waals surface area contributed by atoms with Crippen molar-refractivity contribution in [2.24, 2.45) is 0 Å². The van der Waals surface area contributed by atoms with Crippen molar-refractivity contribution in [2.75, 3.05) is 0 Å². The Balaban J connectivity index is 2.25. The number of hydrogen-bond acceptors (Lipinski definition) is 0. The third-order valence-electron chi connectivity index (χ3n) is 2.37. The van der Waals surface area contributed by atoms with Crippen LogP contribution in [0.5, 0.6) is 0 Å². The molecule has 1 aromatic rings. The molecule has 2 heteroatoms. The lowest BCUT2D eigenvalue weighted by atomic mass is 10.1. The van der Waals surface area contributed by atoms with Gasteiger partial charge in [0.25, 0.3) is 0 Å². The summed E-state index contributed by atoms with van der Waals surface area (Å²) >= 11 is 12.0. The van der Waals surface area contributed by atoms with Crippen molar-refractivity contribution in [3.8, 4) is 0 Å². The van der Waals surface area contributed by atoms with Gasteiger partial charge in [-0.05, 0) is 5.56 Å². The molecular formula is C10H9Cl2. The van der Waals surface area contributed by atoms with Gasteiger partial charge in [-0.2, -0.15) is 0 Å². The second kappa shape index (κ2) is 2.65. The topological polar surface area (TPSA) is 0 Å². The summed E-state index contributed by atoms with van der Waals surface area (Å²) in [6, 6.07) is 10.1. The molecule has 0 saturated heterocycles. The van der Waals surface area contributed by atoms with Crippen LogP contribution in [0, 0.1) is 5.92 Å². The van der Waals surface area contributed by atoms with Crippen LogP contribution in [-0.4, -0.2) is 4.33 Å². The number of alkyl halides is 2. The van der Waals surface area contributed by atoms with Gasteiger partial charge in [-0.25, -0.2) is 0 Å². The van der Waals surface area contributed by atoms with Gasteiger partial charge >= 0.3 is 0 Å². The lowest BCUT2D eigenvalue weighted by molar-refractivity contribution is 1.11. The van der Waals surface area contributed by atoms with Crippen LogP contribution in [0.25, 0.3) is 0 Å². The van der Waals surface area contributed by atoms with Crippen LogP contribution in [0.2, 0.25) is 0 Å². The normalized spacial score (nSPS) is 27.1. The zero-order valence-corrected chi connectivity index (χ0v) is 8.23. The number of hydrogen-bond donors (Lipinski definition) is 0. The highest BCUT2D eigenvalue weighted by Gasteiger charge is 2.61. The fourth-order valence-electron chi connectivity index (χ4n) is 1.51. The molecule has 0 aromatic heterocycles. The highest BCUT2D eigenvalue weighted by atomic mass is 35.5. The Morgan fingerprint density at radius 1 is 1.17 bits per heavy atom. The number of benzene rings is 1. The van der Waals surface area contributed by atoms with Crippen molar-refractivity contribution in [1.29, 1.82) is 0 Å². The highest BCUT2D eigenvalue weighted by Crippen LogP contribution is 2.66. The second-order valence-corrected chi connectivity index (χ2v) is 4.54. The van der Waals surface area contributed by atoms with E-state index in [9.17, 15) is 0 Å².